The van der Waals surface area contributed by atoms with Crippen LogP contribution >= 0.6 is 0 Å². The molecule has 0 spiro atoms. The third kappa shape index (κ3) is 3.18. The van der Waals surface area contributed by atoms with E-state index in [2.05, 4.69) is 20.8 Å². The molecule has 1 N–H and O–H groups in total. The minimum absolute atomic E-state index is 0.227. The predicted molar refractivity (Wildman–Crippen MR) is 91.6 cm³/mol. The maximum Gasteiger partial charge on any atom is 0.142 e. The van der Waals surface area contributed by atoms with Crippen molar-refractivity contribution >= 4 is 6.29 Å². The summed E-state index contributed by atoms with van der Waals surface area (Å²) >= 11 is 0. The second-order valence-electron chi connectivity index (χ2n) is 9.04. The molecule has 0 heterocycles. The van der Waals surface area contributed by atoms with Crippen LogP contribution in [0.25, 0.3) is 0 Å². The van der Waals surface area contributed by atoms with Gasteiger partial charge >= 0.3 is 0 Å². The standard InChI is InChI=1S/C20H34O2/c1-15(10-14-21)7-8-17-19(4)12-6-11-18(2,3)16(19)9-13-20(17,5)22/h10,14,16-17,22H,6-9,11-13H2,1-5H3/b15-10+/t16-,17+,19-,20-/m1/s1. The molecule has 2 fully saturated rings. The predicted octanol–water partition coefficient (Wildman–Crippen LogP) is 4.91. The molecular formula is C20H34O2. The highest BCUT2D eigenvalue weighted by molar-refractivity contribution is 5.65. The highest BCUT2D eigenvalue weighted by Gasteiger charge is 2.57. The average Bonchev–Trinajstić information content (AvgIpc) is 2.36. The van der Waals surface area contributed by atoms with Crippen molar-refractivity contribution in [1.82, 2.24) is 0 Å². The Bertz CT molecular complexity index is 447. The molecule has 2 aliphatic rings. The molecule has 0 amide bonds. The summed E-state index contributed by atoms with van der Waals surface area (Å²) in [6.07, 6.45) is 10.3. The van der Waals surface area contributed by atoms with Gasteiger partial charge in [-0.05, 0) is 81.1 Å². The highest BCUT2D eigenvalue weighted by Crippen LogP contribution is 2.62. The van der Waals surface area contributed by atoms with E-state index in [1.54, 1.807) is 6.08 Å². The maximum absolute atomic E-state index is 11.1. The molecule has 126 valence electrons. The van der Waals surface area contributed by atoms with Gasteiger partial charge in [-0.1, -0.05) is 32.8 Å². The van der Waals surface area contributed by atoms with Gasteiger partial charge in [0.15, 0.2) is 0 Å². The first kappa shape index (κ1) is 17.7. The number of fused-ring (bicyclic) bond motifs is 1. The van der Waals surface area contributed by atoms with E-state index in [0.29, 0.717) is 17.3 Å². The summed E-state index contributed by atoms with van der Waals surface area (Å²) in [5.74, 6) is 1.03. The van der Waals surface area contributed by atoms with Crippen molar-refractivity contribution in [2.45, 2.75) is 85.2 Å². The zero-order chi connectivity index (χ0) is 16.6. The van der Waals surface area contributed by atoms with Crippen LogP contribution in [-0.4, -0.2) is 17.0 Å². The van der Waals surface area contributed by atoms with Crippen molar-refractivity contribution in [3.8, 4) is 0 Å². The Balaban J connectivity index is 2.26. The van der Waals surface area contributed by atoms with Crippen LogP contribution in [0.15, 0.2) is 11.6 Å². The lowest BCUT2D eigenvalue weighted by atomic mass is 9.45. The van der Waals surface area contributed by atoms with Gasteiger partial charge in [-0.2, -0.15) is 0 Å². The Hall–Kier alpha value is -0.630. The van der Waals surface area contributed by atoms with Crippen LogP contribution in [0.1, 0.15) is 79.6 Å². The number of carbonyl (C=O) groups is 1. The van der Waals surface area contributed by atoms with Gasteiger partial charge in [0.2, 0.25) is 0 Å². The fourth-order valence-electron chi connectivity index (χ4n) is 5.84. The first-order valence-electron chi connectivity index (χ1n) is 8.97. The Morgan fingerprint density at radius 1 is 1.18 bits per heavy atom. The highest BCUT2D eigenvalue weighted by atomic mass is 16.3. The van der Waals surface area contributed by atoms with Crippen LogP contribution in [0.3, 0.4) is 0 Å². The Kier molecular flexibility index (Phi) is 4.92. The van der Waals surface area contributed by atoms with Crippen molar-refractivity contribution in [3.05, 3.63) is 11.6 Å². The fraction of sp³-hybridized carbons (Fsp3) is 0.850. The number of aliphatic hydroxyl groups is 1. The van der Waals surface area contributed by atoms with Crippen molar-refractivity contribution < 1.29 is 9.90 Å². The minimum Gasteiger partial charge on any atom is -0.390 e. The van der Waals surface area contributed by atoms with E-state index < -0.39 is 5.60 Å². The number of hydrogen-bond acceptors (Lipinski definition) is 2. The molecule has 0 aromatic heterocycles. The summed E-state index contributed by atoms with van der Waals surface area (Å²) < 4.78 is 0. The lowest BCUT2D eigenvalue weighted by Crippen LogP contribution is -2.57. The first-order chi connectivity index (χ1) is 10.1. The Labute approximate surface area is 136 Å². The first-order valence-corrected chi connectivity index (χ1v) is 8.97. The van der Waals surface area contributed by atoms with Gasteiger partial charge < -0.3 is 5.11 Å². The molecule has 2 rings (SSSR count). The SMILES string of the molecule is C/C(=C\C=O)CC[C@H]1[C@]2(C)CCCC(C)(C)[C@H]2CC[C@@]1(C)O. The molecule has 2 saturated carbocycles. The molecule has 2 nitrogen and oxygen atoms in total. The van der Waals surface area contributed by atoms with E-state index in [-0.39, 0.29) is 5.41 Å². The number of aldehydes is 1. The third-order valence-corrected chi connectivity index (χ3v) is 6.94. The molecule has 0 saturated heterocycles. The van der Waals surface area contributed by atoms with Gasteiger partial charge in [0.05, 0.1) is 5.60 Å². The summed E-state index contributed by atoms with van der Waals surface area (Å²) in [6, 6.07) is 0. The third-order valence-electron chi connectivity index (χ3n) is 6.94. The van der Waals surface area contributed by atoms with Crippen LogP contribution in [0.4, 0.5) is 0 Å². The lowest BCUT2D eigenvalue weighted by Gasteiger charge is -2.61. The van der Waals surface area contributed by atoms with Crippen LogP contribution in [0.5, 0.6) is 0 Å². The molecule has 4 atom stereocenters. The molecular weight excluding hydrogens is 272 g/mol. The molecule has 0 radical (unpaired) electrons. The van der Waals surface area contributed by atoms with Crippen LogP contribution < -0.4 is 0 Å². The second-order valence-corrected chi connectivity index (χ2v) is 9.04. The van der Waals surface area contributed by atoms with Gasteiger partial charge in [0.25, 0.3) is 0 Å². The van der Waals surface area contributed by atoms with Crippen molar-refractivity contribution in [2.24, 2.45) is 22.7 Å². The van der Waals surface area contributed by atoms with E-state index in [0.717, 1.165) is 37.5 Å². The topological polar surface area (TPSA) is 37.3 Å². The molecule has 0 unspecified atom stereocenters. The van der Waals surface area contributed by atoms with Crippen molar-refractivity contribution in [3.63, 3.8) is 0 Å². The summed E-state index contributed by atoms with van der Waals surface area (Å²) in [5, 5.41) is 11.1. The van der Waals surface area contributed by atoms with Crippen LogP contribution in [0.2, 0.25) is 0 Å². The monoisotopic (exact) mass is 306 g/mol. The number of hydrogen-bond donors (Lipinski definition) is 1. The largest absolute Gasteiger partial charge is 0.390 e. The molecule has 22 heavy (non-hydrogen) atoms. The summed E-state index contributed by atoms with van der Waals surface area (Å²) in [5.41, 5.74) is 1.17. The lowest BCUT2D eigenvalue weighted by molar-refractivity contribution is -0.168. The van der Waals surface area contributed by atoms with Gasteiger partial charge in [0, 0.05) is 0 Å². The van der Waals surface area contributed by atoms with Gasteiger partial charge in [-0.3, -0.25) is 4.79 Å². The number of allylic oxidation sites excluding steroid dienone is 2. The van der Waals surface area contributed by atoms with E-state index in [1.165, 1.54) is 19.3 Å². The molecule has 0 aliphatic heterocycles. The second kappa shape index (κ2) is 6.11. The molecule has 2 aliphatic carbocycles. The maximum atomic E-state index is 11.1. The normalized spacial score (nSPS) is 41.8. The van der Waals surface area contributed by atoms with Crippen LogP contribution in [-0.2, 0) is 4.79 Å². The number of rotatable bonds is 4. The van der Waals surface area contributed by atoms with Crippen molar-refractivity contribution in [2.75, 3.05) is 0 Å². The van der Waals surface area contributed by atoms with Crippen molar-refractivity contribution in [1.29, 1.82) is 0 Å². The quantitative estimate of drug-likeness (QED) is 0.592. The minimum atomic E-state index is -0.569. The average molecular weight is 306 g/mol. The van der Waals surface area contributed by atoms with Gasteiger partial charge in [-0.25, -0.2) is 0 Å². The fourth-order valence-corrected chi connectivity index (χ4v) is 5.84. The van der Waals surface area contributed by atoms with Gasteiger partial charge in [-0.15, -0.1) is 0 Å². The smallest absolute Gasteiger partial charge is 0.142 e. The van der Waals surface area contributed by atoms with E-state index in [4.69, 9.17) is 0 Å². The summed E-state index contributed by atoms with van der Waals surface area (Å²) in [7, 11) is 0. The molecule has 0 aromatic carbocycles. The Morgan fingerprint density at radius 3 is 2.50 bits per heavy atom. The van der Waals surface area contributed by atoms with E-state index in [9.17, 15) is 9.90 Å². The van der Waals surface area contributed by atoms with E-state index in [1.807, 2.05) is 13.8 Å². The zero-order valence-electron chi connectivity index (χ0n) is 15.1. The zero-order valence-corrected chi connectivity index (χ0v) is 15.1. The van der Waals surface area contributed by atoms with Gasteiger partial charge in [0.1, 0.15) is 6.29 Å². The Morgan fingerprint density at radius 2 is 1.86 bits per heavy atom. The number of carbonyl (C=O) groups excluding carboxylic acids is 1. The summed E-state index contributed by atoms with van der Waals surface area (Å²) in [4.78, 5) is 10.6. The summed E-state index contributed by atoms with van der Waals surface area (Å²) in [6.45, 7) is 11.3. The van der Waals surface area contributed by atoms with E-state index >= 15 is 0 Å². The van der Waals surface area contributed by atoms with Crippen LogP contribution in [0, 0.1) is 22.7 Å². The molecule has 0 bridgehead atoms. The molecule has 0 aromatic rings. The molecule has 2 heteroatoms.